The van der Waals surface area contributed by atoms with Crippen molar-refractivity contribution in [2.24, 2.45) is 22.9 Å². The second-order valence-electron chi connectivity index (χ2n) is 9.57. The number of rotatable bonds is 7. The largest absolute Gasteiger partial charge is 0.478 e. The van der Waals surface area contributed by atoms with Crippen molar-refractivity contribution >= 4 is 17.6 Å². The van der Waals surface area contributed by atoms with Gasteiger partial charge in [-0.25, -0.2) is 0 Å². The van der Waals surface area contributed by atoms with Gasteiger partial charge in [-0.05, 0) is 91.5 Å². The van der Waals surface area contributed by atoms with Crippen LogP contribution in [0.3, 0.4) is 0 Å². The van der Waals surface area contributed by atoms with Crippen LogP contribution < -0.4 is 10.2 Å². The van der Waals surface area contributed by atoms with Crippen molar-refractivity contribution in [1.29, 1.82) is 5.26 Å². The molecule has 4 bridgehead atoms. The maximum Gasteiger partial charge on any atom is 0.269 e. The minimum atomic E-state index is -0.429. The third-order valence-electron chi connectivity index (χ3n) is 7.43. The number of hydrogen-bond donors (Lipinski definition) is 1. The highest BCUT2D eigenvalue weighted by atomic mass is 16.6. The molecule has 4 fully saturated rings. The van der Waals surface area contributed by atoms with Gasteiger partial charge in [0.2, 0.25) is 0 Å². The van der Waals surface area contributed by atoms with E-state index >= 15 is 0 Å². The van der Waals surface area contributed by atoms with E-state index in [0.29, 0.717) is 11.4 Å². The summed E-state index contributed by atoms with van der Waals surface area (Å²) in [7, 11) is 0. The van der Waals surface area contributed by atoms with E-state index in [1.807, 2.05) is 12.1 Å². The predicted octanol–water partition coefficient (Wildman–Crippen LogP) is 5.41. The summed E-state index contributed by atoms with van der Waals surface area (Å²) < 4.78 is 5.65. The van der Waals surface area contributed by atoms with Crippen molar-refractivity contribution in [3.8, 4) is 11.8 Å². The second kappa shape index (κ2) is 8.27. The van der Waals surface area contributed by atoms with Crippen molar-refractivity contribution in [2.75, 3.05) is 12.0 Å². The summed E-state index contributed by atoms with van der Waals surface area (Å²) in [5.41, 5.74) is 6.07. The van der Waals surface area contributed by atoms with Gasteiger partial charge in [0, 0.05) is 17.7 Å². The first-order valence-corrected chi connectivity index (χ1v) is 11.2. The maximum absolute atomic E-state index is 10.8. The van der Waals surface area contributed by atoms with Gasteiger partial charge in [-0.15, -0.1) is 0 Å². The van der Waals surface area contributed by atoms with Crippen LogP contribution in [0.15, 0.2) is 47.6 Å². The molecular formula is C25H26N4O3. The van der Waals surface area contributed by atoms with E-state index in [1.165, 1.54) is 56.2 Å². The zero-order chi connectivity index (χ0) is 22.1. The average molecular weight is 431 g/mol. The first-order valence-electron chi connectivity index (χ1n) is 11.2. The Hall–Kier alpha value is -3.40. The zero-order valence-electron chi connectivity index (χ0n) is 17.9. The number of anilines is 1. The molecule has 0 heterocycles. The van der Waals surface area contributed by atoms with Gasteiger partial charge >= 0.3 is 0 Å². The van der Waals surface area contributed by atoms with E-state index in [1.54, 1.807) is 18.3 Å². The summed E-state index contributed by atoms with van der Waals surface area (Å²) in [5.74, 6) is 3.21. The molecule has 1 N–H and O–H groups in total. The lowest BCUT2D eigenvalue weighted by Gasteiger charge is -2.57. The van der Waals surface area contributed by atoms with E-state index in [-0.39, 0.29) is 17.7 Å². The van der Waals surface area contributed by atoms with Crippen LogP contribution >= 0.6 is 0 Å². The lowest BCUT2D eigenvalue weighted by molar-refractivity contribution is -0.384. The molecule has 2 aromatic rings. The van der Waals surface area contributed by atoms with Crippen LogP contribution in [0.2, 0.25) is 0 Å². The van der Waals surface area contributed by atoms with Gasteiger partial charge in [-0.2, -0.15) is 10.4 Å². The molecule has 7 nitrogen and oxygen atoms in total. The fourth-order valence-electron chi connectivity index (χ4n) is 6.52. The Bertz CT molecular complexity index is 1050. The van der Waals surface area contributed by atoms with Gasteiger partial charge in [0.05, 0.1) is 16.8 Å². The summed E-state index contributed by atoms with van der Waals surface area (Å²) in [5, 5.41) is 24.1. The Labute approximate surface area is 187 Å². The molecule has 0 aromatic heterocycles. The van der Waals surface area contributed by atoms with E-state index in [9.17, 15) is 10.1 Å². The lowest BCUT2D eigenvalue weighted by atomic mass is 9.48. The van der Waals surface area contributed by atoms with Crippen LogP contribution in [0, 0.1) is 39.2 Å². The van der Waals surface area contributed by atoms with E-state index in [4.69, 9.17) is 10.00 Å². The lowest BCUT2D eigenvalue weighted by Crippen LogP contribution is -2.48. The molecule has 7 heteroatoms. The third-order valence-corrected chi connectivity index (χ3v) is 7.43. The number of benzene rings is 2. The number of nitriles is 1. The van der Waals surface area contributed by atoms with Crippen molar-refractivity contribution in [1.82, 2.24) is 0 Å². The summed E-state index contributed by atoms with van der Waals surface area (Å²) in [6, 6.07) is 14.5. The molecule has 4 saturated carbocycles. The molecule has 0 unspecified atom stereocenters. The van der Waals surface area contributed by atoms with Gasteiger partial charge in [-0.1, -0.05) is 6.07 Å². The van der Waals surface area contributed by atoms with E-state index < -0.39 is 4.92 Å². The Morgan fingerprint density at radius 3 is 2.38 bits per heavy atom. The smallest absolute Gasteiger partial charge is 0.269 e. The average Bonchev–Trinajstić information content (AvgIpc) is 2.77. The zero-order valence-corrected chi connectivity index (χ0v) is 17.9. The molecule has 2 aromatic carbocycles. The van der Waals surface area contributed by atoms with E-state index in [2.05, 4.69) is 22.7 Å². The number of ether oxygens (including phenoxy) is 1. The van der Waals surface area contributed by atoms with Crippen LogP contribution in [0.4, 0.5) is 11.4 Å². The maximum atomic E-state index is 10.8. The summed E-state index contributed by atoms with van der Waals surface area (Å²) in [6.07, 6.45) is 9.72. The fourth-order valence-corrected chi connectivity index (χ4v) is 6.52. The van der Waals surface area contributed by atoms with Crippen molar-refractivity contribution < 1.29 is 9.66 Å². The first kappa shape index (κ1) is 20.5. The molecule has 0 atom stereocenters. The minimum absolute atomic E-state index is 0.0205. The van der Waals surface area contributed by atoms with E-state index in [0.717, 1.165) is 23.3 Å². The number of nitrogens with zero attached hydrogens (tertiary/aromatic N) is 3. The minimum Gasteiger partial charge on any atom is -0.478 e. The monoisotopic (exact) mass is 430 g/mol. The molecule has 4 aliphatic rings. The van der Waals surface area contributed by atoms with Gasteiger partial charge in [0.15, 0.2) is 6.61 Å². The fraction of sp³-hybridized carbons (Fsp3) is 0.440. The van der Waals surface area contributed by atoms with Crippen LogP contribution in [0.5, 0.6) is 5.75 Å². The number of hydrazone groups is 1. The van der Waals surface area contributed by atoms with Gasteiger partial charge in [0.1, 0.15) is 11.8 Å². The normalized spacial score (nSPS) is 27.9. The molecule has 164 valence electrons. The molecule has 0 amide bonds. The quantitative estimate of drug-likeness (QED) is 0.359. The molecule has 0 saturated heterocycles. The Morgan fingerprint density at radius 1 is 1.12 bits per heavy atom. The molecule has 0 radical (unpaired) electrons. The summed E-state index contributed by atoms with van der Waals surface area (Å²) in [6.45, 7) is -0.0205. The topological polar surface area (TPSA) is 101 Å². The third kappa shape index (κ3) is 3.93. The number of hydrogen-bond acceptors (Lipinski definition) is 6. The Balaban J connectivity index is 1.39. The predicted molar refractivity (Wildman–Crippen MR) is 122 cm³/mol. The van der Waals surface area contributed by atoms with Crippen molar-refractivity contribution in [2.45, 2.75) is 43.9 Å². The highest BCUT2D eigenvalue weighted by molar-refractivity contribution is 5.84. The van der Waals surface area contributed by atoms with Crippen LogP contribution in [-0.2, 0) is 5.41 Å². The van der Waals surface area contributed by atoms with Crippen LogP contribution in [0.25, 0.3) is 0 Å². The highest BCUT2D eigenvalue weighted by Crippen LogP contribution is 2.60. The van der Waals surface area contributed by atoms with Crippen molar-refractivity contribution in [3.05, 3.63) is 63.7 Å². The number of non-ortho nitro benzene ring substituents is 1. The number of nitro benzene ring substituents is 1. The van der Waals surface area contributed by atoms with Gasteiger partial charge < -0.3 is 4.74 Å². The molecule has 0 aliphatic heterocycles. The Kier molecular flexibility index (Phi) is 5.30. The number of nitro groups is 1. The summed E-state index contributed by atoms with van der Waals surface area (Å²) in [4.78, 5) is 10.4. The van der Waals surface area contributed by atoms with Crippen molar-refractivity contribution in [3.63, 3.8) is 0 Å². The van der Waals surface area contributed by atoms with Crippen LogP contribution in [0.1, 0.15) is 49.7 Å². The SMILES string of the molecule is N#CCOc1ccc(C23CC4CC(CC(C4)C2)C3)cc1C=NNc1ccc([N+](=O)[O-])cc1. The summed E-state index contributed by atoms with van der Waals surface area (Å²) >= 11 is 0. The molecule has 6 rings (SSSR count). The Morgan fingerprint density at radius 2 is 1.78 bits per heavy atom. The highest BCUT2D eigenvalue weighted by Gasteiger charge is 2.51. The standard InChI is InChI=1S/C25H26N4O3/c26-7-8-32-24-6-1-21(25-13-17-9-18(14-25)11-19(10-17)15-25)12-20(24)16-27-28-22-2-4-23(5-3-22)29(30)31/h1-6,12,16-19,28H,8-11,13-15H2. The van der Waals surface area contributed by atoms with Gasteiger partial charge in [0.25, 0.3) is 5.69 Å². The number of nitrogens with one attached hydrogen (secondary N) is 1. The molecule has 32 heavy (non-hydrogen) atoms. The molecule has 4 aliphatic carbocycles. The molecule has 0 spiro atoms. The molecular weight excluding hydrogens is 404 g/mol. The first-order chi connectivity index (χ1) is 15.5. The second-order valence-corrected chi connectivity index (χ2v) is 9.57. The van der Waals surface area contributed by atoms with Crippen LogP contribution in [-0.4, -0.2) is 17.7 Å². The van der Waals surface area contributed by atoms with Gasteiger partial charge in [-0.3, -0.25) is 15.5 Å².